The van der Waals surface area contributed by atoms with E-state index in [0.717, 1.165) is 43.6 Å². The first-order valence-corrected chi connectivity index (χ1v) is 12.1. The third kappa shape index (κ3) is 4.74. The molecule has 7 heteroatoms. The Kier molecular flexibility index (Phi) is 6.67. The maximum Gasteiger partial charge on any atom is 0.267 e. The number of para-hydroxylation sites is 1. The molecule has 2 aromatic heterocycles. The van der Waals surface area contributed by atoms with Crippen LogP contribution in [0.15, 0.2) is 65.6 Å². The van der Waals surface area contributed by atoms with E-state index in [1.165, 1.54) is 11.3 Å². The number of nitrogens with zero attached hydrogens (tertiary/aromatic N) is 1. The van der Waals surface area contributed by atoms with Crippen molar-refractivity contribution in [1.29, 1.82) is 0 Å². The van der Waals surface area contributed by atoms with Crippen LogP contribution in [0.4, 0.5) is 11.4 Å². The number of ether oxygens (including phenoxy) is 1. The highest BCUT2D eigenvalue weighted by molar-refractivity contribution is 7.99. The summed E-state index contributed by atoms with van der Waals surface area (Å²) in [5.41, 5.74) is 9.35. The van der Waals surface area contributed by atoms with Crippen molar-refractivity contribution >= 4 is 50.6 Å². The minimum atomic E-state index is -0.217. The molecule has 0 aliphatic heterocycles. The van der Waals surface area contributed by atoms with Crippen LogP contribution in [0.25, 0.3) is 21.5 Å². The van der Waals surface area contributed by atoms with Crippen molar-refractivity contribution in [3.8, 4) is 17.0 Å². The van der Waals surface area contributed by atoms with E-state index in [-0.39, 0.29) is 5.91 Å². The number of carbonyl (C=O) groups excluding carboxylic acids is 1. The fraction of sp³-hybridized carbons (Fsp3) is 0.200. The van der Waals surface area contributed by atoms with E-state index in [4.69, 9.17) is 15.5 Å². The number of fused-ring (bicyclic) bond motifs is 1. The molecule has 2 heterocycles. The summed E-state index contributed by atoms with van der Waals surface area (Å²) in [5.74, 6) is 2.09. The van der Waals surface area contributed by atoms with E-state index in [0.29, 0.717) is 16.5 Å². The summed E-state index contributed by atoms with van der Waals surface area (Å²) < 4.78 is 5.32. The van der Waals surface area contributed by atoms with Gasteiger partial charge in [0, 0.05) is 21.6 Å². The van der Waals surface area contributed by atoms with Gasteiger partial charge in [0.1, 0.15) is 15.5 Å². The number of thiophene rings is 1. The van der Waals surface area contributed by atoms with Crippen molar-refractivity contribution in [2.45, 2.75) is 18.7 Å². The van der Waals surface area contributed by atoms with Gasteiger partial charge in [-0.15, -0.1) is 23.1 Å². The van der Waals surface area contributed by atoms with E-state index >= 15 is 0 Å². The van der Waals surface area contributed by atoms with Gasteiger partial charge in [-0.3, -0.25) is 4.79 Å². The molecule has 0 bridgehead atoms. The smallest absolute Gasteiger partial charge is 0.267 e. The van der Waals surface area contributed by atoms with Crippen LogP contribution in [-0.2, 0) is 0 Å². The number of nitrogen functional groups attached to an aromatic ring is 1. The van der Waals surface area contributed by atoms with Crippen LogP contribution in [0.2, 0.25) is 0 Å². The van der Waals surface area contributed by atoms with Gasteiger partial charge in [0.2, 0.25) is 0 Å². The second-order valence-electron chi connectivity index (χ2n) is 7.78. The van der Waals surface area contributed by atoms with Gasteiger partial charge < -0.3 is 15.8 Å². The Hall–Kier alpha value is -3.03. The molecule has 32 heavy (non-hydrogen) atoms. The summed E-state index contributed by atoms with van der Waals surface area (Å²) >= 11 is 3.05. The molecule has 164 valence electrons. The largest absolute Gasteiger partial charge is 0.497 e. The van der Waals surface area contributed by atoms with Gasteiger partial charge in [0.15, 0.2) is 0 Å². The summed E-state index contributed by atoms with van der Waals surface area (Å²) in [5, 5.41) is 3.83. The second kappa shape index (κ2) is 9.63. The Bertz CT molecular complexity index is 1270. The zero-order valence-electron chi connectivity index (χ0n) is 18.2. The number of thioether (sulfide) groups is 1. The zero-order chi connectivity index (χ0) is 22.7. The van der Waals surface area contributed by atoms with Crippen LogP contribution in [0.1, 0.15) is 23.5 Å². The van der Waals surface area contributed by atoms with E-state index < -0.39 is 0 Å². The molecule has 3 N–H and O–H groups in total. The van der Waals surface area contributed by atoms with Crippen LogP contribution in [0.5, 0.6) is 5.75 Å². The Balaban J connectivity index is 1.62. The van der Waals surface area contributed by atoms with Crippen molar-refractivity contribution in [2.24, 2.45) is 5.92 Å². The average molecular weight is 464 g/mol. The van der Waals surface area contributed by atoms with Crippen LogP contribution in [-0.4, -0.2) is 23.8 Å². The maximum absolute atomic E-state index is 13.1. The lowest BCUT2D eigenvalue weighted by Gasteiger charge is -2.11. The Morgan fingerprint density at radius 2 is 1.97 bits per heavy atom. The Morgan fingerprint density at radius 1 is 1.16 bits per heavy atom. The third-order valence-electron chi connectivity index (χ3n) is 4.87. The van der Waals surface area contributed by atoms with Crippen molar-refractivity contribution < 1.29 is 9.53 Å². The van der Waals surface area contributed by atoms with Gasteiger partial charge in [-0.1, -0.05) is 38.1 Å². The van der Waals surface area contributed by atoms with Crippen molar-refractivity contribution in [3.05, 3.63) is 65.5 Å². The number of methoxy groups -OCH3 is 1. The molecule has 0 aliphatic carbocycles. The lowest BCUT2D eigenvalue weighted by molar-refractivity contribution is 0.103. The molecular formula is C25H25N3O2S2. The minimum absolute atomic E-state index is 0.217. The van der Waals surface area contributed by atoms with Crippen molar-refractivity contribution in [2.75, 3.05) is 23.9 Å². The molecule has 5 nitrogen and oxygen atoms in total. The van der Waals surface area contributed by atoms with Gasteiger partial charge in [-0.25, -0.2) is 4.98 Å². The highest BCUT2D eigenvalue weighted by atomic mass is 32.2. The summed E-state index contributed by atoms with van der Waals surface area (Å²) in [4.78, 5) is 20.1. The zero-order valence-corrected chi connectivity index (χ0v) is 19.8. The predicted molar refractivity (Wildman–Crippen MR) is 136 cm³/mol. The molecule has 1 amide bonds. The second-order valence-corrected chi connectivity index (χ2v) is 9.84. The maximum atomic E-state index is 13.1. The SMILES string of the molecule is COc1cccc(-c2ccc3c(N)c(C(=O)Nc4ccccc4SCC(C)C)sc3n2)c1. The number of benzene rings is 2. The molecular weight excluding hydrogens is 438 g/mol. The van der Waals surface area contributed by atoms with Gasteiger partial charge in [0.05, 0.1) is 24.2 Å². The monoisotopic (exact) mass is 463 g/mol. The number of hydrogen-bond acceptors (Lipinski definition) is 6. The summed E-state index contributed by atoms with van der Waals surface area (Å²) in [6, 6.07) is 19.4. The Labute approximate surface area is 196 Å². The quantitative estimate of drug-likeness (QED) is 0.304. The van der Waals surface area contributed by atoms with Gasteiger partial charge in [0.25, 0.3) is 5.91 Å². The molecule has 0 saturated heterocycles. The van der Waals surface area contributed by atoms with E-state index in [1.807, 2.05) is 60.7 Å². The first-order chi connectivity index (χ1) is 15.5. The number of rotatable bonds is 7. The van der Waals surface area contributed by atoms with Crippen LogP contribution >= 0.6 is 23.1 Å². The topological polar surface area (TPSA) is 77.2 Å². The fourth-order valence-corrected chi connectivity index (χ4v) is 5.19. The van der Waals surface area contributed by atoms with E-state index in [1.54, 1.807) is 18.9 Å². The molecule has 2 aromatic carbocycles. The fourth-order valence-electron chi connectivity index (χ4n) is 3.24. The lowest BCUT2D eigenvalue weighted by atomic mass is 10.1. The molecule has 0 fully saturated rings. The van der Waals surface area contributed by atoms with Gasteiger partial charge >= 0.3 is 0 Å². The van der Waals surface area contributed by atoms with Crippen LogP contribution in [0, 0.1) is 5.92 Å². The summed E-state index contributed by atoms with van der Waals surface area (Å²) in [6.07, 6.45) is 0. The van der Waals surface area contributed by atoms with Crippen LogP contribution < -0.4 is 15.8 Å². The number of amides is 1. The highest BCUT2D eigenvalue weighted by Crippen LogP contribution is 2.36. The Morgan fingerprint density at radius 3 is 2.75 bits per heavy atom. The van der Waals surface area contributed by atoms with E-state index in [2.05, 4.69) is 19.2 Å². The molecule has 0 atom stereocenters. The molecule has 0 spiro atoms. The summed E-state index contributed by atoms with van der Waals surface area (Å²) in [6.45, 7) is 4.36. The number of nitrogens with one attached hydrogen (secondary N) is 1. The molecule has 0 saturated carbocycles. The normalized spacial score (nSPS) is 11.1. The van der Waals surface area contributed by atoms with Gasteiger partial charge in [-0.05, 0) is 42.3 Å². The van der Waals surface area contributed by atoms with Crippen LogP contribution in [0.3, 0.4) is 0 Å². The number of pyridine rings is 1. The summed E-state index contributed by atoms with van der Waals surface area (Å²) in [7, 11) is 1.64. The predicted octanol–water partition coefficient (Wildman–Crippen LogP) is 6.55. The molecule has 0 unspecified atom stereocenters. The average Bonchev–Trinajstić information content (AvgIpc) is 3.14. The number of hydrogen-bond donors (Lipinski definition) is 2. The standard InChI is InChI=1S/C25H25N3O2S2/c1-15(2)14-31-21-10-5-4-9-20(21)27-24(29)23-22(26)18-11-12-19(28-25(18)32-23)16-7-6-8-17(13-16)30-3/h4-13,15H,14,26H2,1-3H3,(H,27,29). The lowest BCUT2D eigenvalue weighted by Crippen LogP contribution is -2.12. The third-order valence-corrected chi connectivity index (χ3v) is 7.49. The molecule has 4 rings (SSSR count). The van der Waals surface area contributed by atoms with E-state index in [9.17, 15) is 4.79 Å². The molecule has 0 radical (unpaired) electrons. The molecule has 0 aliphatic rings. The highest BCUT2D eigenvalue weighted by Gasteiger charge is 2.19. The molecule has 4 aromatic rings. The van der Waals surface area contributed by atoms with Gasteiger partial charge in [-0.2, -0.15) is 0 Å². The minimum Gasteiger partial charge on any atom is -0.497 e. The number of aromatic nitrogens is 1. The van der Waals surface area contributed by atoms with Crippen molar-refractivity contribution in [1.82, 2.24) is 4.98 Å². The first-order valence-electron chi connectivity index (χ1n) is 10.3. The number of nitrogens with two attached hydrogens (primary N) is 1. The van der Waals surface area contributed by atoms with Crippen molar-refractivity contribution in [3.63, 3.8) is 0 Å². The number of carbonyl (C=O) groups is 1. The first kappa shape index (κ1) is 22.2. The number of anilines is 2.